The van der Waals surface area contributed by atoms with Crippen molar-refractivity contribution in [2.24, 2.45) is 5.92 Å². The van der Waals surface area contributed by atoms with E-state index in [1.165, 1.54) is 25.1 Å². The number of hydrogen-bond donors (Lipinski definition) is 1. The van der Waals surface area contributed by atoms with Crippen LogP contribution in [0.4, 0.5) is 0 Å². The normalized spacial score (nSPS) is 11.9. The quantitative estimate of drug-likeness (QED) is 0.408. The molecule has 1 unspecified atom stereocenters. The van der Waals surface area contributed by atoms with Crippen LogP contribution >= 0.6 is 35.0 Å². The van der Waals surface area contributed by atoms with E-state index in [4.69, 9.17) is 27.9 Å². The summed E-state index contributed by atoms with van der Waals surface area (Å²) < 4.78 is 4.73. The van der Waals surface area contributed by atoms with Crippen molar-refractivity contribution in [1.82, 2.24) is 15.3 Å². The lowest BCUT2D eigenvalue weighted by Gasteiger charge is -2.19. The molecule has 1 heterocycles. The molecule has 1 aromatic carbocycles. The number of hydrogen-bond acceptors (Lipinski definition) is 6. The SMILES string of the molecule is COC(=O)C(NC(=O)c1nc(SCc2ccc(Cl)cc2)ncc1Cl)C(C)C. The largest absolute Gasteiger partial charge is 0.467 e. The van der Waals surface area contributed by atoms with Crippen molar-refractivity contribution in [2.75, 3.05) is 7.11 Å². The number of amides is 1. The number of thioether (sulfide) groups is 1. The lowest BCUT2D eigenvalue weighted by Crippen LogP contribution is -2.45. The van der Waals surface area contributed by atoms with Gasteiger partial charge in [-0.1, -0.05) is 60.9 Å². The molecule has 1 N–H and O–H groups in total. The van der Waals surface area contributed by atoms with Crippen molar-refractivity contribution in [3.05, 3.63) is 51.8 Å². The van der Waals surface area contributed by atoms with E-state index in [0.717, 1.165) is 5.56 Å². The number of nitrogens with one attached hydrogen (secondary N) is 1. The summed E-state index contributed by atoms with van der Waals surface area (Å²) in [4.78, 5) is 32.8. The number of esters is 1. The minimum absolute atomic E-state index is 0.0137. The Hall–Kier alpha value is -1.83. The molecule has 0 saturated carbocycles. The van der Waals surface area contributed by atoms with Gasteiger partial charge in [-0.15, -0.1) is 0 Å². The predicted molar refractivity (Wildman–Crippen MR) is 106 cm³/mol. The number of carbonyl (C=O) groups is 2. The first kappa shape index (κ1) is 21.5. The molecule has 0 bridgehead atoms. The second-order valence-electron chi connectivity index (χ2n) is 5.98. The summed E-state index contributed by atoms with van der Waals surface area (Å²) in [6.45, 7) is 3.60. The summed E-state index contributed by atoms with van der Waals surface area (Å²) in [5, 5.41) is 3.79. The number of aromatic nitrogens is 2. The van der Waals surface area contributed by atoms with Crippen molar-refractivity contribution in [3.8, 4) is 0 Å². The topological polar surface area (TPSA) is 81.2 Å². The Kier molecular flexibility index (Phi) is 7.89. The highest BCUT2D eigenvalue weighted by Crippen LogP contribution is 2.23. The Morgan fingerprint density at radius 2 is 1.89 bits per heavy atom. The molecule has 0 radical (unpaired) electrons. The molecule has 0 aliphatic carbocycles. The molecular formula is C18H19Cl2N3O3S. The first-order valence-electron chi connectivity index (χ1n) is 8.10. The molecule has 27 heavy (non-hydrogen) atoms. The van der Waals surface area contributed by atoms with E-state index < -0.39 is 17.9 Å². The summed E-state index contributed by atoms with van der Waals surface area (Å²) >= 11 is 13.3. The highest BCUT2D eigenvalue weighted by atomic mass is 35.5. The fourth-order valence-electron chi connectivity index (χ4n) is 2.14. The number of halogens is 2. The molecular weight excluding hydrogens is 409 g/mol. The Morgan fingerprint density at radius 1 is 1.22 bits per heavy atom. The van der Waals surface area contributed by atoms with Gasteiger partial charge >= 0.3 is 5.97 Å². The van der Waals surface area contributed by atoms with Crippen molar-refractivity contribution < 1.29 is 14.3 Å². The van der Waals surface area contributed by atoms with E-state index in [0.29, 0.717) is 15.9 Å². The van der Waals surface area contributed by atoms with Crippen LogP contribution in [0.5, 0.6) is 0 Å². The summed E-state index contributed by atoms with van der Waals surface area (Å²) in [7, 11) is 1.27. The van der Waals surface area contributed by atoms with Gasteiger partial charge in [-0.05, 0) is 23.6 Å². The first-order chi connectivity index (χ1) is 12.8. The van der Waals surface area contributed by atoms with Gasteiger partial charge in [0.1, 0.15) is 6.04 Å². The fraction of sp³-hybridized carbons (Fsp3) is 0.333. The second kappa shape index (κ2) is 9.92. The van der Waals surface area contributed by atoms with Crippen LogP contribution in [-0.4, -0.2) is 35.0 Å². The van der Waals surface area contributed by atoms with E-state index in [-0.39, 0.29) is 16.6 Å². The summed E-state index contributed by atoms with van der Waals surface area (Å²) in [6.07, 6.45) is 1.37. The minimum Gasteiger partial charge on any atom is -0.467 e. The van der Waals surface area contributed by atoms with Crippen LogP contribution in [0.2, 0.25) is 10.0 Å². The lowest BCUT2D eigenvalue weighted by molar-refractivity contribution is -0.144. The molecule has 0 aliphatic rings. The van der Waals surface area contributed by atoms with E-state index in [9.17, 15) is 9.59 Å². The van der Waals surface area contributed by atoms with Gasteiger partial charge in [-0.3, -0.25) is 4.79 Å². The van der Waals surface area contributed by atoms with Crippen LogP contribution in [0.1, 0.15) is 29.9 Å². The number of carbonyl (C=O) groups excluding carboxylic acids is 2. The maximum Gasteiger partial charge on any atom is 0.328 e. The molecule has 1 aromatic heterocycles. The van der Waals surface area contributed by atoms with Gasteiger partial charge in [0, 0.05) is 10.8 Å². The van der Waals surface area contributed by atoms with Crippen LogP contribution in [0, 0.1) is 5.92 Å². The second-order valence-corrected chi connectivity index (χ2v) is 7.77. The predicted octanol–water partition coefficient (Wildman–Crippen LogP) is 4.00. The zero-order valence-electron chi connectivity index (χ0n) is 15.0. The Bertz CT molecular complexity index is 816. The third kappa shape index (κ3) is 6.09. The zero-order chi connectivity index (χ0) is 20.0. The average Bonchev–Trinajstić information content (AvgIpc) is 2.65. The van der Waals surface area contributed by atoms with Crippen LogP contribution in [0.25, 0.3) is 0 Å². The maximum absolute atomic E-state index is 12.5. The molecule has 1 atom stereocenters. The highest BCUT2D eigenvalue weighted by molar-refractivity contribution is 7.98. The van der Waals surface area contributed by atoms with Crippen molar-refractivity contribution in [2.45, 2.75) is 30.8 Å². The molecule has 1 amide bonds. The Labute approximate surface area is 172 Å². The lowest BCUT2D eigenvalue weighted by atomic mass is 10.0. The van der Waals surface area contributed by atoms with Gasteiger partial charge in [-0.25, -0.2) is 14.8 Å². The molecule has 0 fully saturated rings. The van der Waals surface area contributed by atoms with Crippen LogP contribution in [-0.2, 0) is 15.3 Å². The van der Waals surface area contributed by atoms with E-state index in [1.54, 1.807) is 26.0 Å². The van der Waals surface area contributed by atoms with Gasteiger partial charge in [0.25, 0.3) is 5.91 Å². The molecule has 2 aromatic rings. The number of ether oxygens (including phenoxy) is 1. The van der Waals surface area contributed by atoms with Crippen molar-refractivity contribution in [3.63, 3.8) is 0 Å². The van der Waals surface area contributed by atoms with E-state index in [1.807, 2.05) is 12.1 Å². The average molecular weight is 428 g/mol. The third-order valence-corrected chi connectivity index (χ3v) is 5.09. The van der Waals surface area contributed by atoms with Crippen molar-refractivity contribution >= 4 is 46.8 Å². The monoisotopic (exact) mass is 427 g/mol. The molecule has 0 saturated heterocycles. The summed E-state index contributed by atoms with van der Waals surface area (Å²) in [5.41, 5.74) is 1.05. The first-order valence-corrected chi connectivity index (χ1v) is 9.84. The number of nitrogens with zero attached hydrogens (tertiary/aromatic N) is 2. The summed E-state index contributed by atoms with van der Waals surface area (Å²) in [5.74, 6) is -0.627. The van der Waals surface area contributed by atoms with E-state index >= 15 is 0 Å². The van der Waals surface area contributed by atoms with Gasteiger partial charge in [0.15, 0.2) is 10.9 Å². The smallest absolute Gasteiger partial charge is 0.328 e. The maximum atomic E-state index is 12.5. The standard InChI is InChI=1S/C18H19Cl2N3O3S/c1-10(2)14(17(25)26-3)22-16(24)15-13(20)8-21-18(23-15)27-9-11-4-6-12(19)7-5-11/h4-8,10,14H,9H2,1-3H3,(H,22,24). The van der Waals surface area contributed by atoms with Crippen molar-refractivity contribution in [1.29, 1.82) is 0 Å². The molecule has 0 aliphatic heterocycles. The molecule has 0 spiro atoms. The number of methoxy groups -OCH3 is 1. The summed E-state index contributed by atoms with van der Waals surface area (Å²) in [6, 6.07) is 6.62. The number of benzene rings is 1. The van der Waals surface area contributed by atoms with Gasteiger partial charge < -0.3 is 10.1 Å². The van der Waals surface area contributed by atoms with Gasteiger partial charge in [0.2, 0.25) is 0 Å². The Morgan fingerprint density at radius 3 is 2.48 bits per heavy atom. The zero-order valence-corrected chi connectivity index (χ0v) is 17.4. The molecule has 9 heteroatoms. The highest BCUT2D eigenvalue weighted by Gasteiger charge is 2.27. The van der Waals surface area contributed by atoms with E-state index in [2.05, 4.69) is 15.3 Å². The molecule has 144 valence electrons. The van der Waals surface area contributed by atoms with Gasteiger partial charge in [0.05, 0.1) is 18.3 Å². The molecule has 2 rings (SSSR count). The van der Waals surface area contributed by atoms with Crippen LogP contribution in [0.15, 0.2) is 35.6 Å². The van der Waals surface area contributed by atoms with Gasteiger partial charge in [-0.2, -0.15) is 0 Å². The number of rotatable bonds is 7. The third-order valence-electron chi connectivity index (χ3n) is 3.63. The minimum atomic E-state index is -0.793. The van der Waals surface area contributed by atoms with Crippen LogP contribution < -0.4 is 5.32 Å². The van der Waals surface area contributed by atoms with Crippen LogP contribution in [0.3, 0.4) is 0 Å². The fourth-order valence-corrected chi connectivity index (χ4v) is 3.22. The molecule has 6 nitrogen and oxygen atoms in total. The Balaban J connectivity index is 2.12.